The zero-order valence-corrected chi connectivity index (χ0v) is 14.6. The number of carboxylic acid groups (broad SMARTS) is 1. The van der Waals surface area contributed by atoms with Gasteiger partial charge in [0.05, 0.1) is 5.69 Å². The molecule has 1 aromatic rings. The Morgan fingerprint density at radius 3 is 2.54 bits per heavy atom. The minimum Gasteiger partial charge on any atom is -0.480 e. The summed E-state index contributed by atoms with van der Waals surface area (Å²) in [6.07, 6.45) is 2.31. The zero-order valence-electron chi connectivity index (χ0n) is 14.6. The van der Waals surface area contributed by atoms with Gasteiger partial charge in [0.25, 0.3) is 5.91 Å². The molecule has 2 N–H and O–H groups in total. The van der Waals surface area contributed by atoms with Gasteiger partial charge in [-0.3, -0.25) is 14.6 Å². The first-order chi connectivity index (χ1) is 12.5. The second kappa shape index (κ2) is 7.55. The molecule has 2 atom stereocenters. The Balaban J connectivity index is 1.86. The van der Waals surface area contributed by atoms with E-state index in [0.717, 1.165) is 12.8 Å². The number of carbonyl (C=O) groups is 3. The Labute approximate surface area is 151 Å². The van der Waals surface area contributed by atoms with Gasteiger partial charge in [-0.1, -0.05) is 18.2 Å². The van der Waals surface area contributed by atoms with Crippen molar-refractivity contribution in [3.63, 3.8) is 0 Å². The number of hydrogen-bond acceptors (Lipinski definition) is 5. The molecule has 0 aromatic heterocycles. The molecule has 1 fully saturated rings. The van der Waals surface area contributed by atoms with Crippen LogP contribution in [0.1, 0.15) is 25.7 Å². The molecule has 1 aromatic carbocycles. The molecule has 2 aliphatic heterocycles. The molecule has 8 nitrogen and oxygen atoms in total. The molecule has 2 unspecified atom stereocenters. The molecule has 0 radical (unpaired) electrons. The lowest BCUT2D eigenvalue weighted by molar-refractivity contribution is -0.138. The van der Waals surface area contributed by atoms with E-state index in [4.69, 9.17) is 0 Å². The van der Waals surface area contributed by atoms with E-state index in [-0.39, 0.29) is 23.9 Å². The summed E-state index contributed by atoms with van der Waals surface area (Å²) in [5, 5.41) is 17.8. The molecule has 0 saturated carbocycles. The Bertz CT molecular complexity index is 734. The largest absolute Gasteiger partial charge is 0.480 e. The number of rotatable bonds is 4. The predicted molar refractivity (Wildman–Crippen MR) is 95.8 cm³/mol. The number of hydrogen-bond donors (Lipinski definition) is 2. The number of nitrogens with one attached hydrogen (secondary N) is 1. The summed E-state index contributed by atoms with van der Waals surface area (Å²) in [4.78, 5) is 38.2. The fourth-order valence-corrected chi connectivity index (χ4v) is 3.43. The van der Waals surface area contributed by atoms with Crippen molar-refractivity contribution in [1.82, 2.24) is 10.2 Å². The van der Waals surface area contributed by atoms with Gasteiger partial charge in [-0.25, -0.2) is 4.79 Å². The van der Waals surface area contributed by atoms with Gasteiger partial charge in [0, 0.05) is 20.0 Å². The van der Waals surface area contributed by atoms with Crippen LogP contribution in [0.3, 0.4) is 0 Å². The van der Waals surface area contributed by atoms with Gasteiger partial charge < -0.3 is 15.3 Å². The maximum atomic E-state index is 13.0. The van der Waals surface area contributed by atoms with Crippen molar-refractivity contribution in [3.8, 4) is 0 Å². The maximum absolute atomic E-state index is 13.0. The quantitative estimate of drug-likeness (QED) is 0.830. The monoisotopic (exact) mass is 358 g/mol. The Kier molecular flexibility index (Phi) is 5.20. The maximum Gasteiger partial charge on any atom is 0.328 e. The minimum atomic E-state index is -1.04. The van der Waals surface area contributed by atoms with Crippen molar-refractivity contribution in [2.75, 3.05) is 18.6 Å². The Morgan fingerprint density at radius 1 is 1.15 bits per heavy atom. The van der Waals surface area contributed by atoms with E-state index in [0.29, 0.717) is 18.7 Å². The highest BCUT2D eigenvalue weighted by atomic mass is 16.4. The normalized spacial score (nSPS) is 22.7. The molecule has 26 heavy (non-hydrogen) atoms. The van der Waals surface area contributed by atoms with Crippen molar-refractivity contribution in [1.29, 1.82) is 0 Å². The molecule has 0 bridgehead atoms. The van der Waals surface area contributed by atoms with E-state index in [9.17, 15) is 19.5 Å². The molecule has 2 amide bonds. The third-order valence-electron chi connectivity index (χ3n) is 4.78. The summed E-state index contributed by atoms with van der Waals surface area (Å²) in [7, 11) is 1.55. The molecule has 3 rings (SSSR count). The molecular formula is C18H22N4O4. The third kappa shape index (κ3) is 3.40. The van der Waals surface area contributed by atoms with E-state index in [1.807, 2.05) is 6.07 Å². The molecule has 0 spiro atoms. The number of para-hydroxylation sites is 1. The summed E-state index contributed by atoms with van der Waals surface area (Å²) < 4.78 is 0. The van der Waals surface area contributed by atoms with E-state index in [2.05, 4.69) is 10.4 Å². The number of aliphatic carboxylic acids is 1. The van der Waals surface area contributed by atoms with E-state index in [1.54, 1.807) is 31.3 Å². The number of nitrogens with zero attached hydrogens (tertiary/aromatic N) is 3. The van der Waals surface area contributed by atoms with Crippen molar-refractivity contribution in [3.05, 3.63) is 30.3 Å². The Morgan fingerprint density at radius 2 is 1.88 bits per heavy atom. The molecule has 8 heteroatoms. The van der Waals surface area contributed by atoms with Crippen LogP contribution >= 0.6 is 0 Å². The lowest BCUT2D eigenvalue weighted by atomic mass is 10.00. The molecule has 1 saturated heterocycles. The number of carboxylic acids is 1. The number of piperidine rings is 1. The molecule has 2 heterocycles. The van der Waals surface area contributed by atoms with Gasteiger partial charge in [-0.05, 0) is 31.4 Å². The van der Waals surface area contributed by atoms with Gasteiger partial charge in [-0.15, -0.1) is 0 Å². The van der Waals surface area contributed by atoms with Crippen LogP contribution in [-0.2, 0) is 14.4 Å². The van der Waals surface area contributed by atoms with Crippen molar-refractivity contribution in [2.45, 2.75) is 37.8 Å². The molecule has 2 aliphatic rings. The minimum absolute atomic E-state index is 0.0139. The standard InChI is InChI=1S/C18H22N4O4/c1-19-16(23)14-9-5-6-10-21(14)17(24)13-11-15(18(25)26)22(20-13)12-7-3-2-4-8-12/h2-4,7-8,14-15H,5-6,9-11H2,1H3,(H,19,23)(H,25,26). The van der Waals surface area contributed by atoms with Crippen molar-refractivity contribution >= 4 is 29.2 Å². The van der Waals surface area contributed by atoms with Crippen molar-refractivity contribution in [2.24, 2.45) is 5.10 Å². The number of benzene rings is 1. The number of likely N-dealkylation sites (tertiary alicyclic amines) is 1. The van der Waals surface area contributed by atoms with Gasteiger partial charge in [0.2, 0.25) is 5.91 Å². The SMILES string of the molecule is CNC(=O)C1CCCCN1C(=O)C1=NN(c2ccccc2)C(C(=O)O)C1. The number of hydrazone groups is 1. The van der Waals surface area contributed by atoms with Gasteiger partial charge in [0.15, 0.2) is 6.04 Å². The first kappa shape index (κ1) is 17.9. The first-order valence-corrected chi connectivity index (χ1v) is 8.70. The van der Waals surface area contributed by atoms with Crippen LogP contribution in [0.4, 0.5) is 5.69 Å². The van der Waals surface area contributed by atoms with Crippen LogP contribution < -0.4 is 10.3 Å². The predicted octanol–water partition coefficient (Wildman–Crippen LogP) is 0.833. The van der Waals surface area contributed by atoms with E-state index >= 15 is 0 Å². The van der Waals surface area contributed by atoms with Crippen LogP contribution in [0, 0.1) is 0 Å². The summed E-state index contributed by atoms with van der Waals surface area (Å²) in [6.45, 7) is 0.471. The van der Waals surface area contributed by atoms with E-state index < -0.39 is 18.1 Å². The average molecular weight is 358 g/mol. The van der Waals surface area contributed by atoms with Gasteiger partial charge >= 0.3 is 5.97 Å². The summed E-state index contributed by atoms with van der Waals surface area (Å²) in [5.74, 6) is -1.60. The van der Waals surface area contributed by atoms with Crippen LogP contribution in [0.25, 0.3) is 0 Å². The highest BCUT2D eigenvalue weighted by Gasteiger charge is 2.40. The van der Waals surface area contributed by atoms with Crippen LogP contribution in [-0.4, -0.2) is 59.2 Å². The number of anilines is 1. The van der Waals surface area contributed by atoms with Crippen LogP contribution in [0.2, 0.25) is 0 Å². The van der Waals surface area contributed by atoms with Crippen LogP contribution in [0.5, 0.6) is 0 Å². The molecular weight excluding hydrogens is 336 g/mol. The summed E-state index contributed by atoms with van der Waals surface area (Å²) >= 11 is 0. The summed E-state index contributed by atoms with van der Waals surface area (Å²) in [6, 6.07) is 7.44. The Hall–Kier alpha value is -2.90. The second-order valence-corrected chi connectivity index (χ2v) is 6.41. The smallest absolute Gasteiger partial charge is 0.328 e. The molecule has 138 valence electrons. The highest BCUT2D eigenvalue weighted by Crippen LogP contribution is 2.26. The lowest BCUT2D eigenvalue weighted by Gasteiger charge is -2.34. The fraction of sp³-hybridized carbons (Fsp3) is 0.444. The number of amides is 2. The zero-order chi connectivity index (χ0) is 18.7. The third-order valence-corrected chi connectivity index (χ3v) is 4.78. The molecule has 0 aliphatic carbocycles. The van der Waals surface area contributed by atoms with Crippen molar-refractivity contribution < 1.29 is 19.5 Å². The first-order valence-electron chi connectivity index (χ1n) is 8.70. The fourth-order valence-electron chi connectivity index (χ4n) is 3.43. The van der Waals surface area contributed by atoms with Gasteiger partial charge in [0.1, 0.15) is 11.8 Å². The number of carbonyl (C=O) groups excluding carboxylic acids is 2. The van der Waals surface area contributed by atoms with Crippen LogP contribution in [0.15, 0.2) is 35.4 Å². The topological polar surface area (TPSA) is 102 Å². The van der Waals surface area contributed by atoms with Gasteiger partial charge in [-0.2, -0.15) is 5.10 Å². The average Bonchev–Trinajstić information content (AvgIpc) is 3.13. The summed E-state index contributed by atoms with van der Waals surface area (Å²) in [5.41, 5.74) is 0.793. The second-order valence-electron chi connectivity index (χ2n) is 6.41. The number of likely N-dealkylation sites (N-methyl/N-ethyl adjacent to an activating group) is 1. The highest BCUT2D eigenvalue weighted by molar-refractivity contribution is 6.40. The lowest BCUT2D eigenvalue weighted by Crippen LogP contribution is -2.53. The van der Waals surface area contributed by atoms with E-state index in [1.165, 1.54) is 9.91 Å².